The largest absolute Gasteiger partial charge is 0.337 e. The summed E-state index contributed by atoms with van der Waals surface area (Å²) in [5, 5.41) is 0.106. The number of sulfone groups is 1. The predicted octanol–water partition coefficient (Wildman–Crippen LogP) is 3.07. The molecule has 0 aliphatic carbocycles. The molecule has 9 heteroatoms. The molecule has 1 unspecified atom stereocenters. The summed E-state index contributed by atoms with van der Waals surface area (Å²) >= 11 is 5.86. The van der Waals surface area contributed by atoms with Gasteiger partial charge in [0.1, 0.15) is 11.2 Å². The predicted molar refractivity (Wildman–Crippen MR) is 119 cm³/mol. The molecule has 1 amide bonds. The number of pyridine rings is 2. The number of likely N-dealkylation sites (tertiary alicyclic amines) is 1. The molecule has 1 fully saturated rings. The molecule has 0 bridgehead atoms. The molecule has 3 aromatic rings. The van der Waals surface area contributed by atoms with Gasteiger partial charge in [0.05, 0.1) is 15.5 Å². The molecule has 31 heavy (non-hydrogen) atoms. The van der Waals surface area contributed by atoms with Crippen molar-refractivity contribution in [2.45, 2.75) is 37.0 Å². The van der Waals surface area contributed by atoms with Gasteiger partial charge in [0.15, 0.2) is 9.84 Å². The first-order valence-electron chi connectivity index (χ1n) is 10.0. The highest BCUT2D eigenvalue weighted by atomic mass is 35.5. The topological polar surface area (TPSA) is 89.3 Å². The van der Waals surface area contributed by atoms with Crippen molar-refractivity contribution in [1.29, 1.82) is 0 Å². The molecule has 0 saturated carbocycles. The van der Waals surface area contributed by atoms with E-state index in [4.69, 9.17) is 11.6 Å². The fraction of sp³-hybridized carbons (Fsp3) is 0.318. The quantitative estimate of drug-likeness (QED) is 0.598. The molecular formula is C22H22ClN3O4S. The lowest BCUT2D eigenvalue weighted by atomic mass is 10.1. The van der Waals surface area contributed by atoms with Crippen LogP contribution >= 0.6 is 11.6 Å². The fourth-order valence-corrected chi connectivity index (χ4v) is 5.72. The Balaban J connectivity index is 1.65. The number of aromatic nitrogens is 2. The van der Waals surface area contributed by atoms with Crippen molar-refractivity contribution in [2.24, 2.45) is 0 Å². The molecule has 0 spiro atoms. The minimum atomic E-state index is -3.61. The standard InChI is InChI=1S/C22H22ClN3O4S/c1-3-25-13-19(20(27)18-9-4-14(2)24-21(18)25)22(28)26-11-10-17(12-26)31(29,30)16-7-5-15(23)6-8-16/h4-9,13,17H,3,10-12H2,1-2H3. The number of halogens is 1. The molecule has 1 atom stereocenters. The summed E-state index contributed by atoms with van der Waals surface area (Å²) in [5.41, 5.74) is 0.961. The number of nitrogens with zero attached hydrogens (tertiary/aromatic N) is 3. The number of aryl methyl sites for hydroxylation is 2. The summed E-state index contributed by atoms with van der Waals surface area (Å²) in [5.74, 6) is -0.455. The van der Waals surface area contributed by atoms with E-state index in [-0.39, 0.29) is 29.0 Å². The first kappa shape index (κ1) is 21.5. The molecule has 162 valence electrons. The van der Waals surface area contributed by atoms with E-state index < -0.39 is 21.0 Å². The van der Waals surface area contributed by atoms with Gasteiger partial charge in [0, 0.05) is 36.5 Å². The van der Waals surface area contributed by atoms with E-state index in [0.29, 0.717) is 29.0 Å². The number of carbonyl (C=O) groups excluding carboxylic acids is 1. The number of rotatable bonds is 4. The summed E-state index contributed by atoms with van der Waals surface area (Å²) in [6.45, 7) is 4.61. The van der Waals surface area contributed by atoms with Gasteiger partial charge in [0.25, 0.3) is 5.91 Å². The molecule has 1 aromatic carbocycles. The van der Waals surface area contributed by atoms with E-state index in [0.717, 1.165) is 5.69 Å². The van der Waals surface area contributed by atoms with Crippen LogP contribution in [0.4, 0.5) is 0 Å². The molecule has 2 aromatic heterocycles. The lowest BCUT2D eigenvalue weighted by Crippen LogP contribution is -2.35. The van der Waals surface area contributed by atoms with Crippen LogP contribution in [0.25, 0.3) is 11.0 Å². The molecule has 7 nitrogen and oxygen atoms in total. The summed E-state index contributed by atoms with van der Waals surface area (Å²) in [6, 6.07) is 9.43. The number of carbonyl (C=O) groups is 1. The monoisotopic (exact) mass is 459 g/mol. The van der Waals surface area contributed by atoms with Gasteiger partial charge in [-0.25, -0.2) is 13.4 Å². The van der Waals surface area contributed by atoms with Crippen molar-refractivity contribution < 1.29 is 13.2 Å². The molecule has 1 aliphatic heterocycles. The van der Waals surface area contributed by atoms with Gasteiger partial charge in [-0.05, 0) is 56.7 Å². The van der Waals surface area contributed by atoms with Gasteiger partial charge in [0.2, 0.25) is 5.43 Å². The van der Waals surface area contributed by atoms with Crippen molar-refractivity contribution in [1.82, 2.24) is 14.5 Å². The van der Waals surface area contributed by atoms with Crippen molar-refractivity contribution in [3.05, 3.63) is 69.1 Å². The first-order valence-corrected chi connectivity index (χ1v) is 11.9. The minimum absolute atomic E-state index is 0.0320. The Morgan fingerprint density at radius 2 is 1.90 bits per heavy atom. The lowest BCUT2D eigenvalue weighted by Gasteiger charge is -2.18. The first-order chi connectivity index (χ1) is 14.7. The maximum absolute atomic E-state index is 13.2. The summed E-state index contributed by atoms with van der Waals surface area (Å²) in [7, 11) is -3.61. The van der Waals surface area contributed by atoms with Crippen molar-refractivity contribution in [3.63, 3.8) is 0 Å². The van der Waals surface area contributed by atoms with Crippen LogP contribution in [0.3, 0.4) is 0 Å². The van der Waals surface area contributed by atoms with E-state index in [1.807, 2.05) is 13.8 Å². The minimum Gasteiger partial charge on any atom is -0.337 e. The third-order valence-corrected chi connectivity index (χ3v) is 8.09. The maximum atomic E-state index is 13.2. The zero-order valence-corrected chi connectivity index (χ0v) is 18.8. The second-order valence-electron chi connectivity index (χ2n) is 7.64. The van der Waals surface area contributed by atoms with Crippen LogP contribution in [-0.4, -0.2) is 47.1 Å². The molecule has 0 N–H and O–H groups in total. The Morgan fingerprint density at radius 3 is 2.58 bits per heavy atom. The van der Waals surface area contributed by atoms with E-state index in [1.54, 1.807) is 16.7 Å². The van der Waals surface area contributed by atoms with Crippen LogP contribution in [0.2, 0.25) is 5.02 Å². The van der Waals surface area contributed by atoms with Gasteiger partial charge in [-0.15, -0.1) is 0 Å². The average molecular weight is 460 g/mol. The van der Waals surface area contributed by atoms with E-state index in [9.17, 15) is 18.0 Å². The van der Waals surface area contributed by atoms with Crippen LogP contribution in [0.5, 0.6) is 0 Å². The lowest BCUT2D eigenvalue weighted by molar-refractivity contribution is 0.0791. The van der Waals surface area contributed by atoms with E-state index in [1.165, 1.54) is 35.4 Å². The molecule has 0 radical (unpaired) electrons. The normalized spacial score (nSPS) is 16.7. The number of benzene rings is 1. The highest BCUT2D eigenvalue weighted by Gasteiger charge is 2.37. The molecule has 1 aliphatic rings. The van der Waals surface area contributed by atoms with Gasteiger partial charge in [-0.2, -0.15) is 0 Å². The summed E-state index contributed by atoms with van der Waals surface area (Å²) < 4.78 is 27.7. The molecule has 1 saturated heterocycles. The van der Waals surface area contributed by atoms with Crippen LogP contribution < -0.4 is 5.43 Å². The fourth-order valence-electron chi connectivity index (χ4n) is 3.91. The zero-order chi connectivity index (χ0) is 22.3. The zero-order valence-electron chi connectivity index (χ0n) is 17.2. The number of fused-ring (bicyclic) bond motifs is 1. The Hall–Kier alpha value is -2.71. The smallest absolute Gasteiger partial charge is 0.259 e. The third-order valence-electron chi connectivity index (χ3n) is 5.64. The van der Waals surface area contributed by atoms with Crippen molar-refractivity contribution >= 4 is 38.4 Å². The van der Waals surface area contributed by atoms with E-state index >= 15 is 0 Å². The van der Waals surface area contributed by atoms with Crippen LogP contribution in [-0.2, 0) is 16.4 Å². The van der Waals surface area contributed by atoms with Gasteiger partial charge >= 0.3 is 0 Å². The summed E-state index contributed by atoms with van der Waals surface area (Å²) in [6.07, 6.45) is 1.84. The third kappa shape index (κ3) is 3.85. The maximum Gasteiger partial charge on any atom is 0.259 e. The number of hydrogen-bond acceptors (Lipinski definition) is 5. The Kier molecular flexibility index (Phi) is 5.61. The van der Waals surface area contributed by atoms with Crippen LogP contribution in [0, 0.1) is 6.92 Å². The highest BCUT2D eigenvalue weighted by Crippen LogP contribution is 2.26. The van der Waals surface area contributed by atoms with E-state index in [2.05, 4.69) is 4.98 Å². The second-order valence-corrected chi connectivity index (χ2v) is 10.3. The van der Waals surface area contributed by atoms with Gasteiger partial charge in [-0.1, -0.05) is 11.6 Å². The Labute approximate surface area is 185 Å². The van der Waals surface area contributed by atoms with Crippen LogP contribution in [0.15, 0.2) is 52.3 Å². The highest BCUT2D eigenvalue weighted by molar-refractivity contribution is 7.92. The average Bonchev–Trinajstić information content (AvgIpc) is 3.25. The molecule has 3 heterocycles. The Morgan fingerprint density at radius 1 is 1.19 bits per heavy atom. The molecule has 4 rings (SSSR count). The summed E-state index contributed by atoms with van der Waals surface area (Å²) in [4.78, 5) is 32.2. The van der Waals surface area contributed by atoms with Crippen molar-refractivity contribution in [2.75, 3.05) is 13.1 Å². The number of hydrogen-bond donors (Lipinski definition) is 0. The van der Waals surface area contributed by atoms with Gasteiger partial charge < -0.3 is 9.47 Å². The molecular weight excluding hydrogens is 438 g/mol. The second kappa shape index (κ2) is 8.09. The van der Waals surface area contributed by atoms with Gasteiger partial charge in [-0.3, -0.25) is 9.59 Å². The SMILES string of the molecule is CCn1cc(C(=O)N2CCC(S(=O)(=O)c3ccc(Cl)cc3)C2)c(=O)c2ccc(C)nc21. The Bertz CT molecular complexity index is 1330. The van der Waals surface area contributed by atoms with Crippen molar-refractivity contribution in [3.8, 4) is 0 Å². The number of amides is 1. The van der Waals surface area contributed by atoms with Crippen LogP contribution in [0.1, 0.15) is 29.4 Å².